The Hall–Kier alpha value is -3.73. The van der Waals surface area contributed by atoms with E-state index in [9.17, 15) is 18.1 Å². The Morgan fingerprint density at radius 3 is 2.44 bits per heavy atom. The molecule has 34 heavy (non-hydrogen) atoms. The first-order valence-corrected chi connectivity index (χ1v) is 12.7. The molecule has 0 amide bonds. The van der Waals surface area contributed by atoms with Gasteiger partial charge < -0.3 is 0 Å². The first-order valence-electron chi connectivity index (χ1n) is 10.4. The Morgan fingerprint density at radius 2 is 1.74 bits per heavy atom. The number of aryl methyl sites for hydroxylation is 1. The summed E-state index contributed by atoms with van der Waals surface area (Å²) in [7, 11) is -4.09. The van der Waals surface area contributed by atoms with E-state index in [4.69, 9.17) is 0 Å². The summed E-state index contributed by atoms with van der Waals surface area (Å²) >= 11 is 1.25. The van der Waals surface area contributed by atoms with Crippen LogP contribution in [0.5, 0.6) is 0 Å². The minimum absolute atomic E-state index is 0.111. The number of nitrogens with zero attached hydrogens (tertiary/aromatic N) is 2. The Morgan fingerprint density at radius 1 is 1.00 bits per heavy atom. The summed E-state index contributed by atoms with van der Waals surface area (Å²) in [4.78, 5) is 0.526. The summed E-state index contributed by atoms with van der Waals surface area (Å²) in [6.07, 6.45) is 0. The van der Waals surface area contributed by atoms with E-state index in [1.54, 1.807) is 53.9 Å². The van der Waals surface area contributed by atoms with Gasteiger partial charge in [-0.05, 0) is 61.2 Å². The van der Waals surface area contributed by atoms with Crippen LogP contribution in [0.1, 0.15) is 16.0 Å². The number of halogens is 1. The number of thiophene rings is 1. The van der Waals surface area contributed by atoms with Gasteiger partial charge in [0.1, 0.15) is 16.8 Å². The smallest absolute Gasteiger partial charge is 0.233 e. The van der Waals surface area contributed by atoms with Crippen LogP contribution in [0.2, 0.25) is 0 Å². The van der Waals surface area contributed by atoms with Crippen molar-refractivity contribution in [1.82, 2.24) is 3.97 Å². The van der Waals surface area contributed by atoms with E-state index in [0.29, 0.717) is 43.7 Å². The second kappa shape index (κ2) is 8.24. The Kier molecular flexibility index (Phi) is 5.35. The average molecular weight is 486 g/mol. The molecule has 0 aliphatic carbocycles. The van der Waals surface area contributed by atoms with Crippen LogP contribution >= 0.6 is 11.3 Å². The lowest BCUT2D eigenvalue weighted by Gasteiger charge is -2.15. The molecule has 167 valence electrons. The summed E-state index contributed by atoms with van der Waals surface area (Å²) < 4.78 is 43.9. The van der Waals surface area contributed by atoms with Crippen molar-refractivity contribution in [2.24, 2.45) is 0 Å². The van der Waals surface area contributed by atoms with Gasteiger partial charge >= 0.3 is 0 Å². The molecular weight excluding hydrogens is 467 g/mol. The van der Waals surface area contributed by atoms with E-state index in [2.05, 4.69) is 13.0 Å². The van der Waals surface area contributed by atoms with Crippen LogP contribution in [0.15, 0.2) is 83.1 Å². The lowest BCUT2D eigenvalue weighted by atomic mass is 9.96. The highest BCUT2D eigenvalue weighted by Gasteiger charge is 2.30. The van der Waals surface area contributed by atoms with Crippen LogP contribution in [0.3, 0.4) is 0 Å². The van der Waals surface area contributed by atoms with Crippen LogP contribution in [0.4, 0.5) is 4.39 Å². The summed E-state index contributed by atoms with van der Waals surface area (Å²) in [6.45, 7) is 5.99. The molecule has 1 radical (unpaired) electrons. The molecule has 2 heterocycles. The predicted octanol–water partition coefficient (Wildman–Crippen LogP) is 6.78. The molecule has 0 aliphatic heterocycles. The van der Waals surface area contributed by atoms with Crippen LogP contribution in [0, 0.1) is 31.0 Å². The van der Waals surface area contributed by atoms with Gasteiger partial charge in [0.2, 0.25) is 0 Å². The van der Waals surface area contributed by atoms with Crippen molar-refractivity contribution in [3.05, 3.63) is 107 Å². The molecule has 7 heteroatoms. The third-order valence-electron chi connectivity index (χ3n) is 5.75. The van der Waals surface area contributed by atoms with Gasteiger partial charge in [-0.2, -0.15) is 5.26 Å². The maximum atomic E-state index is 14.5. The van der Waals surface area contributed by atoms with Crippen molar-refractivity contribution >= 4 is 32.3 Å². The molecule has 0 saturated heterocycles. The molecule has 0 unspecified atom stereocenters. The molecule has 0 bridgehead atoms. The molecule has 0 saturated carbocycles. The van der Waals surface area contributed by atoms with Gasteiger partial charge in [-0.1, -0.05) is 42.0 Å². The first kappa shape index (κ1) is 22.1. The quantitative estimate of drug-likeness (QED) is 0.282. The van der Waals surface area contributed by atoms with Gasteiger partial charge in [0.05, 0.1) is 16.1 Å². The van der Waals surface area contributed by atoms with E-state index >= 15 is 0 Å². The molecule has 2 aromatic heterocycles. The van der Waals surface area contributed by atoms with Crippen molar-refractivity contribution in [2.45, 2.75) is 11.8 Å². The number of hydrogen-bond donors (Lipinski definition) is 0. The highest BCUT2D eigenvalue weighted by molar-refractivity contribution is 7.90. The third-order valence-corrected chi connectivity index (χ3v) is 8.30. The molecule has 0 atom stereocenters. The maximum Gasteiger partial charge on any atom is 0.268 e. The van der Waals surface area contributed by atoms with Gasteiger partial charge in [0.25, 0.3) is 10.0 Å². The number of benzene rings is 3. The molecular formula is C27H18FN2O2S2. The van der Waals surface area contributed by atoms with Gasteiger partial charge in [0, 0.05) is 22.1 Å². The molecule has 4 nitrogen and oxygen atoms in total. The largest absolute Gasteiger partial charge is 0.268 e. The van der Waals surface area contributed by atoms with E-state index < -0.39 is 15.8 Å². The number of nitriles is 1. The lowest BCUT2D eigenvalue weighted by molar-refractivity contribution is 0.589. The van der Waals surface area contributed by atoms with Gasteiger partial charge in [-0.15, -0.1) is 11.3 Å². The molecule has 0 aliphatic rings. The molecule has 5 rings (SSSR count). The minimum Gasteiger partial charge on any atom is -0.233 e. The average Bonchev–Trinajstić information content (AvgIpc) is 3.41. The highest BCUT2D eigenvalue weighted by atomic mass is 32.2. The predicted molar refractivity (Wildman–Crippen MR) is 134 cm³/mol. The standard InChI is InChI=1S/C27H18FN2O2S2/c1-17-7-10-20(11-8-17)34(31,32)30-24-12-9-19(28)15-23(24)26(22-13-14-33-25(22)16-29)27(30)21-6-4-3-5-18(21)2/h3-15H,2H2,1H3. The normalized spacial score (nSPS) is 11.6. The number of rotatable bonds is 4. The fourth-order valence-electron chi connectivity index (χ4n) is 4.16. The number of fused-ring (bicyclic) bond motifs is 1. The number of hydrogen-bond acceptors (Lipinski definition) is 4. The Bertz CT molecular complexity index is 1710. The van der Waals surface area contributed by atoms with E-state index in [0.717, 1.165) is 5.56 Å². The monoisotopic (exact) mass is 485 g/mol. The first-order chi connectivity index (χ1) is 16.3. The van der Waals surface area contributed by atoms with Crippen molar-refractivity contribution in [1.29, 1.82) is 5.26 Å². The van der Waals surface area contributed by atoms with E-state index in [-0.39, 0.29) is 4.90 Å². The van der Waals surface area contributed by atoms with E-state index in [1.807, 2.05) is 13.0 Å². The van der Waals surface area contributed by atoms with Crippen molar-refractivity contribution in [3.63, 3.8) is 0 Å². The van der Waals surface area contributed by atoms with Crippen LogP contribution in [0.25, 0.3) is 33.3 Å². The Balaban J connectivity index is 2.01. The maximum absolute atomic E-state index is 14.5. The molecule has 0 spiro atoms. The summed E-state index contributed by atoms with van der Waals surface area (Å²) in [6, 6.07) is 21.8. The lowest BCUT2D eigenvalue weighted by Crippen LogP contribution is -2.14. The minimum atomic E-state index is -4.09. The highest BCUT2D eigenvalue weighted by Crippen LogP contribution is 2.45. The molecule has 3 aromatic carbocycles. The molecule has 0 N–H and O–H groups in total. The zero-order valence-corrected chi connectivity index (χ0v) is 19.8. The van der Waals surface area contributed by atoms with Crippen LogP contribution in [-0.4, -0.2) is 12.4 Å². The SMILES string of the molecule is [CH2]c1ccccc1-c1c(-c2ccsc2C#N)c2cc(F)ccc2n1S(=O)(=O)c1ccc(C)cc1. The third kappa shape index (κ3) is 3.43. The van der Waals surface area contributed by atoms with Crippen molar-refractivity contribution in [2.75, 3.05) is 0 Å². The van der Waals surface area contributed by atoms with Gasteiger partial charge in [0.15, 0.2) is 0 Å². The fourth-order valence-corrected chi connectivity index (χ4v) is 6.39. The molecule has 5 aromatic rings. The van der Waals surface area contributed by atoms with Crippen molar-refractivity contribution < 1.29 is 12.8 Å². The van der Waals surface area contributed by atoms with Gasteiger partial charge in [-0.25, -0.2) is 16.8 Å². The van der Waals surface area contributed by atoms with E-state index in [1.165, 1.54) is 33.5 Å². The summed E-state index contributed by atoms with van der Waals surface area (Å²) in [5.74, 6) is -0.498. The van der Waals surface area contributed by atoms with Crippen LogP contribution in [-0.2, 0) is 10.0 Å². The summed E-state index contributed by atoms with van der Waals surface area (Å²) in [5.41, 5.74) is 3.84. The zero-order valence-electron chi connectivity index (χ0n) is 18.1. The van der Waals surface area contributed by atoms with Crippen molar-refractivity contribution in [3.8, 4) is 28.5 Å². The Labute approximate surface area is 201 Å². The number of aromatic nitrogens is 1. The fraction of sp³-hybridized carbons (Fsp3) is 0.0370. The second-order valence-electron chi connectivity index (χ2n) is 7.90. The molecule has 0 fully saturated rings. The van der Waals surface area contributed by atoms with Gasteiger partial charge in [-0.3, -0.25) is 0 Å². The topological polar surface area (TPSA) is 62.9 Å². The zero-order chi connectivity index (χ0) is 24.0. The van der Waals surface area contributed by atoms with Crippen LogP contribution < -0.4 is 0 Å². The summed E-state index contributed by atoms with van der Waals surface area (Å²) in [5, 5.41) is 11.9. The second-order valence-corrected chi connectivity index (χ2v) is 10.6.